The van der Waals surface area contributed by atoms with E-state index in [-0.39, 0.29) is 6.03 Å². The molecule has 0 bridgehead atoms. The number of benzene rings is 1. The van der Waals surface area contributed by atoms with E-state index < -0.39 is 0 Å². The van der Waals surface area contributed by atoms with E-state index >= 15 is 0 Å². The van der Waals surface area contributed by atoms with Gasteiger partial charge in [0.05, 0.1) is 5.56 Å². The van der Waals surface area contributed by atoms with Crippen LogP contribution in [0.5, 0.6) is 0 Å². The van der Waals surface area contributed by atoms with Crippen LogP contribution < -0.4 is 10.6 Å². The number of anilines is 2. The third-order valence-corrected chi connectivity index (χ3v) is 5.34. The second-order valence-electron chi connectivity index (χ2n) is 5.76. The molecule has 2 aromatic rings. The standard InChI is InChI=1S/C17H16ClN3OS/c1-10-5-6-13-14(9-19)16(23-15(13)7-10)21-17(22)20-12-4-2-3-11(18)8-12/h2-4,8,10H,5-7H2,1H3,(H2,20,21,22)/t10-/m1/s1. The van der Waals surface area contributed by atoms with Crippen molar-refractivity contribution in [3.05, 3.63) is 45.3 Å². The Labute approximate surface area is 144 Å². The number of amides is 2. The fraction of sp³-hybridized carbons (Fsp3) is 0.294. The molecule has 0 spiro atoms. The molecule has 118 valence electrons. The molecule has 1 aliphatic carbocycles. The van der Waals surface area contributed by atoms with Gasteiger partial charge in [0.1, 0.15) is 11.1 Å². The lowest BCUT2D eigenvalue weighted by molar-refractivity contribution is 0.262. The first-order valence-electron chi connectivity index (χ1n) is 7.45. The van der Waals surface area contributed by atoms with Gasteiger partial charge in [-0.1, -0.05) is 24.6 Å². The molecule has 0 fully saturated rings. The van der Waals surface area contributed by atoms with Gasteiger partial charge in [0.25, 0.3) is 0 Å². The third kappa shape index (κ3) is 3.49. The van der Waals surface area contributed by atoms with Crippen molar-refractivity contribution in [2.45, 2.75) is 26.2 Å². The molecule has 3 rings (SSSR count). The predicted molar refractivity (Wildman–Crippen MR) is 94.3 cm³/mol. The second kappa shape index (κ2) is 6.61. The van der Waals surface area contributed by atoms with E-state index in [2.05, 4.69) is 23.6 Å². The minimum absolute atomic E-state index is 0.365. The van der Waals surface area contributed by atoms with Crippen LogP contribution in [0.2, 0.25) is 5.02 Å². The molecule has 23 heavy (non-hydrogen) atoms. The predicted octanol–water partition coefficient (Wildman–Crippen LogP) is 5.04. The van der Waals surface area contributed by atoms with Crippen LogP contribution in [0.4, 0.5) is 15.5 Å². The fourth-order valence-electron chi connectivity index (χ4n) is 2.79. The molecule has 1 atom stereocenters. The number of nitrogens with zero attached hydrogens (tertiary/aromatic N) is 1. The Kier molecular flexibility index (Phi) is 4.56. The lowest BCUT2D eigenvalue weighted by atomic mass is 9.89. The maximum absolute atomic E-state index is 12.2. The fourth-order valence-corrected chi connectivity index (χ4v) is 4.34. The SMILES string of the molecule is C[C@@H]1CCc2c(sc(NC(=O)Nc3cccc(Cl)c3)c2C#N)C1. The zero-order valence-electron chi connectivity index (χ0n) is 12.6. The average molecular weight is 346 g/mol. The lowest BCUT2D eigenvalue weighted by Gasteiger charge is -2.17. The number of hydrogen-bond donors (Lipinski definition) is 2. The molecule has 1 aromatic heterocycles. The van der Waals surface area contributed by atoms with E-state index in [0.717, 1.165) is 24.8 Å². The van der Waals surface area contributed by atoms with E-state index in [1.165, 1.54) is 16.2 Å². The van der Waals surface area contributed by atoms with Gasteiger partial charge >= 0.3 is 6.03 Å². The third-order valence-electron chi connectivity index (χ3n) is 3.93. The smallest absolute Gasteiger partial charge is 0.308 e. The van der Waals surface area contributed by atoms with Gasteiger partial charge in [0.15, 0.2) is 0 Å². The Hall–Kier alpha value is -2.03. The molecule has 0 saturated heterocycles. The number of carbonyl (C=O) groups excluding carboxylic acids is 1. The van der Waals surface area contributed by atoms with Gasteiger partial charge in [-0.05, 0) is 48.9 Å². The van der Waals surface area contributed by atoms with E-state index in [4.69, 9.17) is 11.6 Å². The van der Waals surface area contributed by atoms with Crippen molar-refractivity contribution >= 4 is 39.7 Å². The van der Waals surface area contributed by atoms with Gasteiger partial charge in [0.2, 0.25) is 0 Å². The molecular formula is C17H16ClN3OS. The molecule has 4 nitrogen and oxygen atoms in total. The average Bonchev–Trinajstić information content (AvgIpc) is 2.82. The quantitative estimate of drug-likeness (QED) is 0.800. The molecule has 0 radical (unpaired) electrons. The van der Waals surface area contributed by atoms with Crippen LogP contribution in [0.3, 0.4) is 0 Å². The second-order valence-corrected chi connectivity index (χ2v) is 7.30. The molecular weight excluding hydrogens is 330 g/mol. The summed E-state index contributed by atoms with van der Waals surface area (Å²) < 4.78 is 0. The molecule has 2 N–H and O–H groups in total. The van der Waals surface area contributed by atoms with Gasteiger partial charge in [-0.25, -0.2) is 4.79 Å². The Morgan fingerprint density at radius 3 is 3.00 bits per heavy atom. The van der Waals surface area contributed by atoms with Crippen molar-refractivity contribution in [3.8, 4) is 6.07 Å². The number of nitrogens with one attached hydrogen (secondary N) is 2. The van der Waals surface area contributed by atoms with Crippen molar-refractivity contribution < 1.29 is 4.79 Å². The molecule has 1 aliphatic rings. The van der Waals surface area contributed by atoms with Gasteiger partial charge in [-0.2, -0.15) is 5.26 Å². The van der Waals surface area contributed by atoms with Gasteiger partial charge in [-0.3, -0.25) is 5.32 Å². The van der Waals surface area contributed by atoms with Crippen LogP contribution >= 0.6 is 22.9 Å². The molecule has 6 heteroatoms. The number of carbonyl (C=O) groups is 1. The first kappa shape index (κ1) is 15.9. The summed E-state index contributed by atoms with van der Waals surface area (Å²) in [4.78, 5) is 13.4. The van der Waals surface area contributed by atoms with E-state index in [1.807, 2.05) is 0 Å². The van der Waals surface area contributed by atoms with Gasteiger partial charge < -0.3 is 5.32 Å². The zero-order chi connectivity index (χ0) is 16.4. The van der Waals surface area contributed by atoms with E-state index in [1.54, 1.807) is 24.3 Å². The van der Waals surface area contributed by atoms with Crippen LogP contribution in [0.25, 0.3) is 0 Å². The molecule has 0 saturated carbocycles. The highest BCUT2D eigenvalue weighted by Gasteiger charge is 2.24. The highest BCUT2D eigenvalue weighted by atomic mass is 35.5. The number of halogens is 1. The Balaban J connectivity index is 1.78. The summed E-state index contributed by atoms with van der Waals surface area (Å²) in [5, 5.41) is 16.2. The monoisotopic (exact) mass is 345 g/mol. The van der Waals surface area contributed by atoms with Crippen LogP contribution in [0.15, 0.2) is 24.3 Å². The number of nitriles is 1. The number of thiophene rings is 1. The first-order valence-corrected chi connectivity index (χ1v) is 8.64. The number of hydrogen-bond acceptors (Lipinski definition) is 3. The van der Waals surface area contributed by atoms with Crippen molar-refractivity contribution in [3.63, 3.8) is 0 Å². The van der Waals surface area contributed by atoms with Crippen molar-refractivity contribution in [2.75, 3.05) is 10.6 Å². The van der Waals surface area contributed by atoms with Crippen LogP contribution in [-0.2, 0) is 12.8 Å². The summed E-state index contributed by atoms with van der Waals surface area (Å²) in [6, 6.07) is 8.82. The van der Waals surface area contributed by atoms with Crippen molar-refractivity contribution in [1.82, 2.24) is 0 Å². The minimum Gasteiger partial charge on any atom is -0.308 e. The Morgan fingerprint density at radius 2 is 2.26 bits per heavy atom. The normalized spacial score (nSPS) is 16.3. The minimum atomic E-state index is -0.365. The maximum Gasteiger partial charge on any atom is 0.324 e. The van der Waals surface area contributed by atoms with Gasteiger partial charge in [-0.15, -0.1) is 11.3 Å². The molecule has 0 aliphatic heterocycles. The van der Waals surface area contributed by atoms with Crippen molar-refractivity contribution in [1.29, 1.82) is 5.26 Å². The summed E-state index contributed by atoms with van der Waals surface area (Å²) in [5.74, 6) is 0.626. The highest BCUT2D eigenvalue weighted by molar-refractivity contribution is 7.16. The highest BCUT2D eigenvalue weighted by Crippen LogP contribution is 2.39. The van der Waals surface area contributed by atoms with E-state index in [0.29, 0.717) is 27.2 Å². The van der Waals surface area contributed by atoms with Crippen LogP contribution in [0.1, 0.15) is 29.3 Å². The molecule has 0 unspecified atom stereocenters. The summed E-state index contributed by atoms with van der Waals surface area (Å²) in [6.07, 6.45) is 2.98. The largest absolute Gasteiger partial charge is 0.324 e. The summed E-state index contributed by atoms with van der Waals surface area (Å²) in [5.41, 5.74) is 2.33. The summed E-state index contributed by atoms with van der Waals surface area (Å²) in [6.45, 7) is 2.22. The van der Waals surface area contributed by atoms with Gasteiger partial charge in [0, 0.05) is 15.6 Å². The first-order chi connectivity index (χ1) is 11.1. The number of rotatable bonds is 2. The van der Waals surface area contributed by atoms with Crippen molar-refractivity contribution in [2.24, 2.45) is 5.92 Å². The molecule has 1 aromatic carbocycles. The Bertz CT molecular complexity index is 794. The number of fused-ring (bicyclic) bond motifs is 1. The molecule has 2 amide bonds. The lowest BCUT2D eigenvalue weighted by Crippen LogP contribution is -2.19. The summed E-state index contributed by atoms with van der Waals surface area (Å²) >= 11 is 7.42. The molecule has 1 heterocycles. The topological polar surface area (TPSA) is 64.9 Å². The van der Waals surface area contributed by atoms with Crippen LogP contribution in [0, 0.1) is 17.2 Å². The zero-order valence-corrected chi connectivity index (χ0v) is 14.2. The van der Waals surface area contributed by atoms with Crippen LogP contribution in [-0.4, -0.2) is 6.03 Å². The Morgan fingerprint density at radius 1 is 1.43 bits per heavy atom. The maximum atomic E-state index is 12.2. The van der Waals surface area contributed by atoms with E-state index in [9.17, 15) is 10.1 Å². The number of urea groups is 1. The summed E-state index contributed by atoms with van der Waals surface area (Å²) in [7, 11) is 0.